The second-order valence-corrected chi connectivity index (χ2v) is 5.43. The SMILES string of the molecule is COCCNC(=O)O[C@@H](CC1CCCCC1)C(=O)NCC#N. The maximum atomic E-state index is 12.0. The van der Waals surface area contributed by atoms with Crippen LogP contribution in [0.1, 0.15) is 38.5 Å². The van der Waals surface area contributed by atoms with Crippen LogP contribution >= 0.6 is 0 Å². The van der Waals surface area contributed by atoms with Gasteiger partial charge in [0, 0.05) is 13.7 Å². The molecule has 1 fully saturated rings. The van der Waals surface area contributed by atoms with E-state index in [1.165, 1.54) is 13.5 Å². The minimum absolute atomic E-state index is 0.0886. The Morgan fingerprint density at radius 3 is 2.64 bits per heavy atom. The molecule has 0 aromatic carbocycles. The summed E-state index contributed by atoms with van der Waals surface area (Å²) in [6.07, 6.45) is 4.65. The van der Waals surface area contributed by atoms with E-state index in [0.29, 0.717) is 25.5 Å². The summed E-state index contributed by atoms with van der Waals surface area (Å²) in [5.41, 5.74) is 0. The largest absolute Gasteiger partial charge is 0.436 e. The van der Waals surface area contributed by atoms with Gasteiger partial charge in [0.05, 0.1) is 12.7 Å². The van der Waals surface area contributed by atoms with Crippen LogP contribution in [0.25, 0.3) is 0 Å². The van der Waals surface area contributed by atoms with Gasteiger partial charge in [-0.15, -0.1) is 0 Å². The molecule has 124 valence electrons. The topological polar surface area (TPSA) is 100 Å². The number of hydrogen-bond acceptors (Lipinski definition) is 5. The zero-order valence-electron chi connectivity index (χ0n) is 13.1. The van der Waals surface area contributed by atoms with Gasteiger partial charge in [0.15, 0.2) is 6.10 Å². The number of rotatable bonds is 8. The summed E-state index contributed by atoms with van der Waals surface area (Å²) in [6, 6.07) is 1.85. The zero-order chi connectivity index (χ0) is 16.2. The van der Waals surface area contributed by atoms with E-state index in [4.69, 9.17) is 14.7 Å². The Labute approximate surface area is 131 Å². The molecule has 1 aliphatic carbocycles. The lowest BCUT2D eigenvalue weighted by atomic mass is 9.85. The Bertz CT molecular complexity index is 389. The summed E-state index contributed by atoms with van der Waals surface area (Å²) in [6.45, 7) is 0.614. The second-order valence-electron chi connectivity index (χ2n) is 5.43. The lowest BCUT2D eigenvalue weighted by molar-refractivity contribution is -0.130. The minimum atomic E-state index is -0.848. The molecule has 1 saturated carbocycles. The van der Waals surface area contributed by atoms with Crippen LogP contribution in [0.15, 0.2) is 0 Å². The van der Waals surface area contributed by atoms with Gasteiger partial charge in [-0.25, -0.2) is 4.79 Å². The molecule has 0 spiro atoms. The van der Waals surface area contributed by atoms with E-state index in [0.717, 1.165) is 25.7 Å². The lowest BCUT2D eigenvalue weighted by Crippen LogP contribution is -2.42. The quantitative estimate of drug-likeness (QED) is 0.520. The third-order valence-electron chi connectivity index (χ3n) is 3.73. The number of methoxy groups -OCH3 is 1. The van der Waals surface area contributed by atoms with Gasteiger partial charge >= 0.3 is 6.09 Å². The number of amides is 2. The molecule has 0 unspecified atom stereocenters. The van der Waals surface area contributed by atoms with Crippen molar-refractivity contribution in [1.29, 1.82) is 5.26 Å². The fourth-order valence-electron chi connectivity index (χ4n) is 2.60. The van der Waals surface area contributed by atoms with Crippen LogP contribution in [0.5, 0.6) is 0 Å². The molecule has 7 heteroatoms. The van der Waals surface area contributed by atoms with Gasteiger partial charge in [-0.05, 0) is 12.3 Å². The molecule has 1 atom stereocenters. The molecular formula is C15H25N3O4. The first-order chi connectivity index (χ1) is 10.7. The molecule has 7 nitrogen and oxygen atoms in total. The average Bonchev–Trinajstić information content (AvgIpc) is 2.53. The average molecular weight is 311 g/mol. The predicted molar refractivity (Wildman–Crippen MR) is 80.0 cm³/mol. The number of nitrogens with zero attached hydrogens (tertiary/aromatic N) is 1. The molecule has 0 aromatic rings. The fourth-order valence-corrected chi connectivity index (χ4v) is 2.60. The van der Waals surface area contributed by atoms with Crippen molar-refractivity contribution < 1.29 is 19.1 Å². The fraction of sp³-hybridized carbons (Fsp3) is 0.800. The highest BCUT2D eigenvalue weighted by molar-refractivity contribution is 5.83. The Balaban J connectivity index is 2.50. The van der Waals surface area contributed by atoms with Crippen molar-refractivity contribution in [2.75, 3.05) is 26.8 Å². The highest BCUT2D eigenvalue weighted by atomic mass is 16.6. The molecule has 1 aliphatic rings. The van der Waals surface area contributed by atoms with Crippen LogP contribution in [0.3, 0.4) is 0 Å². The molecule has 0 aliphatic heterocycles. The summed E-state index contributed by atoms with van der Waals surface area (Å²) in [5.74, 6) is -0.0209. The number of alkyl carbamates (subject to hydrolysis) is 1. The number of carbonyl (C=O) groups is 2. The molecule has 1 rings (SSSR count). The van der Waals surface area contributed by atoms with E-state index >= 15 is 0 Å². The van der Waals surface area contributed by atoms with Crippen molar-refractivity contribution in [2.24, 2.45) is 5.92 Å². The summed E-state index contributed by atoms with van der Waals surface area (Å²) < 4.78 is 10.1. The molecule has 0 saturated heterocycles. The number of nitriles is 1. The Morgan fingerprint density at radius 2 is 2.00 bits per heavy atom. The first kappa shape index (κ1) is 18.2. The van der Waals surface area contributed by atoms with Crippen LogP contribution in [-0.2, 0) is 14.3 Å². The molecule has 0 bridgehead atoms. The van der Waals surface area contributed by atoms with Crippen molar-refractivity contribution in [3.8, 4) is 6.07 Å². The number of hydrogen-bond donors (Lipinski definition) is 2. The summed E-state index contributed by atoms with van der Waals surface area (Å²) in [7, 11) is 1.54. The third-order valence-corrected chi connectivity index (χ3v) is 3.73. The van der Waals surface area contributed by atoms with Crippen LogP contribution in [0.2, 0.25) is 0 Å². The molecule has 22 heavy (non-hydrogen) atoms. The van der Waals surface area contributed by atoms with Gasteiger partial charge in [0.1, 0.15) is 6.54 Å². The molecule has 2 amide bonds. The van der Waals surface area contributed by atoms with E-state index in [1.54, 1.807) is 0 Å². The van der Waals surface area contributed by atoms with E-state index in [-0.39, 0.29) is 6.54 Å². The summed E-state index contributed by atoms with van der Waals surface area (Å²) in [4.78, 5) is 23.8. The molecule has 2 N–H and O–H groups in total. The van der Waals surface area contributed by atoms with E-state index < -0.39 is 18.1 Å². The zero-order valence-corrected chi connectivity index (χ0v) is 13.1. The van der Waals surface area contributed by atoms with Crippen molar-refractivity contribution in [3.05, 3.63) is 0 Å². The van der Waals surface area contributed by atoms with Gasteiger partial charge in [-0.1, -0.05) is 32.1 Å². The van der Waals surface area contributed by atoms with Crippen LogP contribution in [0.4, 0.5) is 4.79 Å². The van der Waals surface area contributed by atoms with Crippen molar-refractivity contribution in [3.63, 3.8) is 0 Å². The standard InChI is InChI=1S/C15H25N3O4/c1-21-10-9-18-15(20)22-13(14(19)17-8-7-16)11-12-5-3-2-4-6-12/h12-13H,2-6,8-11H2,1H3,(H,17,19)(H,18,20)/t13-/m0/s1. The Hall–Kier alpha value is -1.81. The molecular weight excluding hydrogens is 286 g/mol. The highest BCUT2D eigenvalue weighted by Crippen LogP contribution is 2.28. The van der Waals surface area contributed by atoms with Crippen molar-refractivity contribution in [2.45, 2.75) is 44.6 Å². The second kappa shape index (κ2) is 10.9. The highest BCUT2D eigenvalue weighted by Gasteiger charge is 2.27. The van der Waals surface area contributed by atoms with Gasteiger partial charge in [0.25, 0.3) is 5.91 Å². The molecule has 0 aromatic heterocycles. The Morgan fingerprint density at radius 1 is 1.27 bits per heavy atom. The van der Waals surface area contributed by atoms with Crippen molar-refractivity contribution >= 4 is 12.0 Å². The maximum Gasteiger partial charge on any atom is 0.408 e. The first-order valence-corrected chi connectivity index (χ1v) is 7.75. The van der Waals surface area contributed by atoms with E-state index in [2.05, 4.69) is 10.6 Å². The van der Waals surface area contributed by atoms with E-state index in [9.17, 15) is 9.59 Å². The number of ether oxygens (including phenoxy) is 2. The first-order valence-electron chi connectivity index (χ1n) is 7.75. The minimum Gasteiger partial charge on any atom is -0.436 e. The van der Waals surface area contributed by atoms with Gasteiger partial charge in [0.2, 0.25) is 0 Å². The monoisotopic (exact) mass is 311 g/mol. The maximum absolute atomic E-state index is 12.0. The number of carbonyl (C=O) groups excluding carboxylic acids is 2. The molecule has 0 radical (unpaired) electrons. The van der Waals surface area contributed by atoms with Gasteiger partial charge in [-0.3, -0.25) is 4.79 Å². The normalized spacial score (nSPS) is 16.4. The van der Waals surface area contributed by atoms with Crippen LogP contribution in [-0.4, -0.2) is 44.9 Å². The lowest BCUT2D eigenvalue weighted by Gasteiger charge is -2.25. The predicted octanol–water partition coefficient (Wildman–Crippen LogP) is 1.34. The van der Waals surface area contributed by atoms with Crippen LogP contribution < -0.4 is 10.6 Å². The summed E-state index contributed by atoms with van der Waals surface area (Å²) >= 11 is 0. The van der Waals surface area contributed by atoms with Crippen LogP contribution in [0, 0.1) is 17.2 Å². The van der Waals surface area contributed by atoms with Gasteiger partial charge in [-0.2, -0.15) is 5.26 Å². The molecule has 0 heterocycles. The smallest absolute Gasteiger partial charge is 0.408 e. The summed E-state index contributed by atoms with van der Waals surface area (Å²) in [5, 5.41) is 13.5. The third kappa shape index (κ3) is 7.27. The van der Waals surface area contributed by atoms with Crippen molar-refractivity contribution in [1.82, 2.24) is 10.6 Å². The Kier molecular flexibility index (Phi) is 9.00. The van der Waals surface area contributed by atoms with Gasteiger partial charge < -0.3 is 20.1 Å². The number of nitrogens with one attached hydrogen (secondary N) is 2. The van der Waals surface area contributed by atoms with E-state index in [1.807, 2.05) is 6.07 Å².